The number of carbonyl (C=O) groups is 2. The Kier molecular flexibility index (Phi) is 6.25. The number of hydrogen-bond acceptors (Lipinski definition) is 6. The van der Waals surface area contributed by atoms with Crippen LogP contribution in [0.4, 0.5) is 8.78 Å². The molecule has 0 spiro atoms. The average Bonchev–Trinajstić information content (AvgIpc) is 3.07. The SMILES string of the molecule is COc1ccc(-c2ccc3c(c2F)CN(CCC(C)(C(=O)NO)S(C)(=O)=O)C3=O)cc1F. The van der Waals surface area contributed by atoms with Gasteiger partial charge in [-0.25, -0.2) is 22.7 Å². The van der Waals surface area contributed by atoms with Crippen LogP contribution in [0.5, 0.6) is 5.75 Å². The van der Waals surface area contributed by atoms with Gasteiger partial charge in [-0.2, -0.15) is 0 Å². The van der Waals surface area contributed by atoms with Crippen molar-refractivity contribution in [3.05, 3.63) is 53.1 Å². The Morgan fingerprint density at radius 1 is 1.25 bits per heavy atom. The minimum absolute atomic E-state index is 0.0116. The number of carbonyl (C=O) groups excluding carboxylic acids is 2. The minimum atomic E-state index is -3.94. The zero-order valence-corrected chi connectivity index (χ0v) is 18.4. The fourth-order valence-electron chi connectivity index (χ4n) is 3.58. The van der Waals surface area contributed by atoms with Crippen molar-refractivity contribution in [2.75, 3.05) is 19.9 Å². The third kappa shape index (κ3) is 3.93. The topological polar surface area (TPSA) is 113 Å². The zero-order chi connectivity index (χ0) is 23.8. The monoisotopic (exact) mass is 468 g/mol. The van der Waals surface area contributed by atoms with Gasteiger partial charge in [0.2, 0.25) is 0 Å². The molecule has 8 nitrogen and oxygen atoms in total. The van der Waals surface area contributed by atoms with Gasteiger partial charge in [0.1, 0.15) is 5.82 Å². The van der Waals surface area contributed by atoms with Crippen LogP contribution in [0.3, 0.4) is 0 Å². The molecular weight excluding hydrogens is 446 g/mol. The predicted molar refractivity (Wildman–Crippen MR) is 111 cm³/mol. The van der Waals surface area contributed by atoms with Gasteiger partial charge in [-0.05, 0) is 37.1 Å². The first-order valence-electron chi connectivity index (χ1n) is 9.53. The van der Waals surface area contributed by atoms with E-state index in [0.29, 0.717) is 0 Å². The molecule has 32 heavy (non-hydrogen) atoms. The molecule has 11 heteroatoms. The Bertz CT molecular complexity index is 1200. The Balaban J connectivity index is 1.88. The molecule has 2 aromatic rings. The standard InChI is InChI=1S/C21H22F2N2O6S/c1-21(20(27)24-28,32(3,29)30)8-9-25-11-15-14(19(25)26)6-5-13(18(15)23)12-4-7-17(31-2)16(22)10-12/h4-7,10,28H,8-9,11H2,1-3H3,(H,24,27). The highest BCUT2D eigenvalue weighted by Gasteiger charge is 2.44. The lowest BCUT2D eigenvalue weighted by Gasteiger charge is -2.27. The number of benzene rings is 2. The Morgan fingerprint density at radius 3 is 2.47 bits per heavy atom. The van der Waals surface area contributed by atoms with Gasteiger partial charge in [0.25, 0.3) is 11.8 Å². The zero-order valence-electron chi connectivity index (χ0n) is 17.6. The first-order chi connectivity index (χ1) is 14.9. The second kappa shape index (κ2) is 8.47. The van der Waals surface area contributed by atoms with Gasteiger partial charge in [-0.1, -0.05) is 12.1 Å². The van der Waals surface area contributed by atoms with Gasteiger partial charge in [-0.3, -0.25) is 14.8 Å². The third-order valence-electron chi connectivity index (χ3n) is 5.83. The molecule has 0 fully saturated rings. The van der Waals surface area contributed by atoms with Gasteiger partial charge >= 0.3 is 0 Å². The van der Waals surface area contributed by atoms with E-state index < -0.39 is 38.0 Å². The molecule has 172 valence electrons. The van der Waals surface area contributed by atoms with Crippen LogP contribution in [0.2, 0.25) is 0 Å². The van der Waals surface area contributed by atoms with Crippen molar-refractivity contribution in [3.63, 3.8) is 0 Å². The van der Waals surface area contributed by atoms with Crippen LogP contribution < -0.4 is 10.2 Å². The van der Waals surface area contributed by atoms with E-state index in [1.807, 2.05) is 0 Å². The van der Waals surface area contributed by atoms with Crippen LogP contribution in [0.15, 0.2) is 30.3 Å². The van der Waals surface area contributed by atoms with Gasteiger partial charge < -0.3 is 9.64 Å². The van der Waals surface area contributed by atoms with Gasteiger partial charge in [0.05, 0.1) is 7.11 Å². The number of hydrogen-bond donors (Lipinski definition) is 2. The van der Waals surface area contributed by atoms with Crippen molar-refractivity contribution in [1.82, 2.24) is 10.4 Å². The van der Waals surface area contributed by atoms with Crippen LogP contribution in [-0.2, 0) is 21.2 Å². The molecule has 1 unspecified atom stereocenters. The predicted octanol–water partition coefficient (Wildman–Crippen LogP) is 2.29. The van der Waals surface area contributed by atoms with Crippen molar-refractivity contribution in [2.24, 2.45) is 0 Å². The van der Waals surface area contributed by atoms with Gasteiger partial charge in [0, 0.05) is 36.0 Å². The third-order valence-corrected chi connectivity index (χ3v) is 7.86. The fourth-order valence-corrected chi connectivity index (χ4v) is 4.43. The Morgan fingerprint density at radius 2 is 1.91 bits per heavy atom. The van der Waals surface area contributed by atoms with E-state index in [0.717, 1.165) is 19.2 Å². The van der Waals surface area contributed by atoms with Crippen molar-refractivity contribution >= 4 is 21.7 Å². The molecule has 0 saturated heterocycles. The van der Waals surface area contributed by atoms with Gasteiger partial charge in [0.15, 0.2) is 26.2 Å². The smallest absolute Gasteiger partial charge is 0.264 e. The molecule has 0 aromatic heterocycles. The molecule has 1 aliphatic heterocycles. The van der Waals surface area contributed by atoms with Gasteiger partial charge in [-0.15, -0.1) is 0 Å². The largest absolute Gasteiger partial charge is 0.494 e. The number of rotatable bonds is 7. The number of sulfone groups is 1. The summed E-state index contributed by atoms with van der Waals surface area (Å²) in [5.41, 5.74) is 1.90. The van der Waals surface area contributed by atoms with Crippen molar-refractivity contribution in [2.45, 2.75) is 24.6 Å². The molecule has 1 heterocycles. The second-order valence-corrected chi connectivity index (χ2v) is 10.2. The van der Waals surface area contributed by atoms with Crippen LogP contribution in [0.1, 0.15) is 29.3 Å². The maximum atomic E-state index is 15.2. The van der Waals surface area contributed by atoms with E-state index in [2.05, 4.69) is 0 Å². The highest BCUT2D eigenvalue weighted by molar-refractivity contribution is 7.92. The van der Waals surface area contributed by atoms with E-state index in [4.69, 9.17) is 9.94 Å². The lowest BCUT2D eigenvalue weighted by Crippen LogP contribution is -2.50. The molecule has 2 aromatic carbocycles. The number of fused-ring (bicyclic) bond motifs is 1. The lowest BCUT2D eigenvalue weighted by molar-refractivity contribution is -0.131. The molecule has 0 saturated carbocycles. The van der Waals surface area contributed by atoms with Crippen LogP contribution in [0.25, 0.3) is 11.1 Å². The molecule has 2 amide bonds. The highest BCUT2D eigenvalue weighted by Crippen LogP contribution is 2.34. The first-order valence-corrected chi connectivity index (χ1v) is 11.4. The van der Waals surface area contributed by atoms with Crippen LogP contribution in [-0.4, -0.2) is 55.0 Å². The minimum Gasteiger partial charge on any atom is -0.494 e. The van der Waals surface area contributed by atoms with Crippen molar-refractivity contribution in [3.8, 4) is 16.9 Å². The molecule has 0 radical (unpaired) electrons. The number of hydroxylamine groups is 1. The second-order valence-electron chi connectivity index (χ2n) is 7.72. The molecule has 0 aliphatic carbocycles. The average molecular weight is 468 g/mol. The van der Waals surface area contributed by atoms with E-state index in [9.17, 15) is 22.4 Å². The van der Waals surface area contributed by atoms with E-state index >= 15 is 4.39 Å². The Labute approximate surface area is 183 Å². The van der Waals surface area contributed by atoms with E-state index in [1.165, 1.54) is 41.8 Å². The summed E-state index contributed by atoms with van der Waals surface area (Å²) in [4.78, 5) is 25.9. The number of nitrogens with zero attached hydrogens (tertiary/aromatic N) is 1. The van der Waals surface area contributed by atoms with E-state index in [-0.39, 0.29) is 47.5 Å². The highest BCUT2D eigenvalue weighted by atomic mass is 32.2. The number of amides is 2. The molecular formula is C21H22F2N2O6S. The normalized spacial score (nSPS) is 15.3. The van der Waals surface area contributed by atoms with E-state index in [1.54, 1.807) is 0 Å². The summed E-state index contributed by atoms with van der Waals surface area (Å²) in [6, 6.07) is 6.79. The summed E-state index contributed by atoms with van der Waals surface area (Å²) in [5, 5.41) is 8.92. The van der Waals surface area contributed by atoms with Crippen LogP contribution in [0, 0.1) is 11.6 Å². The summed E-state index contributed by atoms with van der Waals surface area (Å²) in [7, 11) is -2.63. The maximum absolute atomic E-state index is 15.2. The van der Waals surface area contributed by atoms with Crippen molar-refractivity contribution < 1.29 is 36.7 Å². The maximum Gasteiger partial charge on any atom is 0.264 e. The summed E-state index contributed by atoms with van der Waals surface area (Å²) < 4.78 is 56.4. The molecule has 0 bridgehead atoms. The summed E-state index contributed by atoms with van der Waals surface area (Å²) in [5.74, 6) is -2.99. The number of halogens is 2. The molecule has 1 aliphatic rings. The van der Waals surface area contributed by atoms with Crippen LogP contribution >= 0.6 is 0 Å². The number of nitrogens with one attached hydrogen (secondary N) is 1. The fraction of sp³-hybridized carbons (Fsp3) is 0.333. The number of ether oxygens (including phenoxy) is 1. The first kappa shape index (κ1) is 23.6. The quantitative estimate of drug-likeness (QED) is 0.476. The molecule has 2 N–H and O–H groups in total. The summed E-state index contributed by atoms with van der Waals surface area (Å²) >= 11 is 0. The number of methoxy groups -OCH3 is 1. The molecule has 1 atom stereocenters. The summed E-state index contributed by atoms with van der Waals surface area (Å²) in [6.07, 6.45) is 0.541. The lowest BCUT2D eigenvalue weighted by atomic mass is 9.99. The molecule has 3 rings (SSSR count). The Hall–Kier alpha value is -3.05. The summed E-state index contributed by atoms with van der Waals surface area (Å²) in [6.45, 7) is 0.821. The van der Waals surface area contributed by atoms with Crippen molar-refractivity contribution in [1.29, 1.82) is 0 Å².